The molecule has 0 spiro atoms. The smallest absolute Gasteiger partial charge is 0.262 e. The summed E-state index contributed by atoms with van der Waals surface area (Å²) in [7, 11) is 0. The van der Waals surface area contributed by atoms with E-state index in [4.69, 9.17) is 5.84 Å². The van der Waals surface area contributed by atoms with E-state index in [-0.39, 0.29) is 5.56 Å². The summed E-state index contributed by atoms with van der Waals surface area (Å²) in [5.41, 5.74) is 2.36. The SMILES string of the molecule is NN=C1CCCc2nc3n(c(=O)c21)CCCC3.c1ccccc1. The first-order valence-electron chi connectivity index (χ1n) is 8.21. The molecule has 4 rings (SSSR count). The maximum Gasteiger partial charge on any atom is 0.262 e. The van der Waals surface area contributed by atoms with Crippen molar-refractivity contribution >= 4 is 5.71 Å². The quantitative estimate of drug-likeness (QED) is 0.599. The molecular formula is C18H22N4O. The summed E-state index contributed by atoms with van der Waals surface area (Å²) in [6.07, 6.45) is 5.75. The van der Waals surface area contributed by atoms with Gasteiger partial charge in [-0.15, -0.1) is 0 Å². The first kappa shape index (κ1) is 15.5. The van der Waals surface area contributed by atoms with Crippen molar-refractivity contribution in [1.29, 1.82) is 0 Å². The Kier molecular flexibility index (Phi) is 4.86. The van der Waals surface area contributed by atoms with Crippen molar-refractivity contribution in [3.63, 3.8) is 0 Å². The standard InChI is InChI=1S/C12H16N4O.C6H6/c13-15-9-5-3-4-8-11(9)12(17)16-7-2-1-6-10(16)14-8;1-2-4-6-5-3-1/h1-7,13H2;1-6H. The molecule has 0 bridgehead atoms. The van der Waals surface area contributed by atoms with Gasteiger partial charge in [-0.05, 0) is 32.1 Å². The zero-order valence-electron chi connectivity index (χ0n) is 13.2. The lowest BCUT2D eigenvalue weighted by Crippen LogP contribution is -2.36. The van der Waals surface area contributed by atoms with Gasteiger partial charge in [-0.2, -0.15) is 5.10 Å². The van der Waals surface area contributed by atoms with E-state index in [1.807, 2.05) is 36.4 Å². The number of nitrogens with zero attached hydrogens (tertiary/aromatic N) is 3. The highest BCUT2D eigenvalue weighted by Gasteiger charge is 2.24. The van der Waals surface area contributed by atoms with E-state index in [1.165, 1.54) is 0 Å². The highest BCUT2D eigenvalue weighted by molar-refractivity contribution is 6.01. The predicted molar refractivity (Wildman–Crippen MR) is 91.5 cm³/mol. The Labute approximate surface area is 135 Å². The monoisotopic (exact) mass is 310 g/mol. The molecule has 2 heterocycles. The van der Waals surface area contributed by atoms with Crippen LogP contribution in [-0.4, -0.2) is 15.3 Å². The molecule has 0 saturated carbocycles. The molecule has 120 valence electrons. The summed E-state index contributed by atoms with van der Waals surface area (Å²) in [5.74, 6) is 6.32. The third-order valence-corrected chi connectivity index (χ3v) is 4.29. The van der Waals surface area contributed by atoms with Crippen LogP contribution in [0.1, 0.15) is 42.8 Å². The van der Waals surface area contributed by atoms with E-state index in [0.29, 0.717) is 5.56 Å². The first-order valence-corrected chi connectivity index (χ1v) is 8.21. The van der Waals surface area contributed by atoms with E-state index < -0.39 is 0 Å². The van der Waals surface area contributed by atoms with Crippen LogP contribution in [0, 0.1) is 0 Å². The van der Waals surface area contributed by atoms with Crippen LogP contribution in [0.4, 0.5) is 0 Å². The Morgan fingerprint density at radius 3 is 2.30 bits per heavy atom. The van der Waals surface area contributed by atoms with Crippen LogP contribution in [0.2, 0.25) is 0 Å². The van der Waals surface area contributed by atoms with Crippen molar-refractivity contribution in [3.05, 3.63) is 63.8 Å². The van der Waals surface area contributed by atoms with Crippen molar-refractivity contribution < 1.29 is 0 Å². The van der Waals surface area contributed by atoms with Crippen LogP contribution in [0.3, 0.4) is 0 Å². The number of rotatable bonds is 0. The van der Waals surface area contributed by atoms with Crippen LogP contribution in [0.15, 0.2) is 46.3 Å². The van der Waals surface area contributed by atoms with Crippen molar-refractivity contribution in [1.82, 2.24) is 9.55 Å². The fraction of sp³-hybridized carbons (Fsp3) is 0.389. The Hall–Kier alpha value is -2.43. The molecule has 2 aromatic rings. The normalized spacial score (nSPS) is 17.7. The van der Waals surface area contributed by atoms with Gasteiger partial charge < -0.3 is 5.84 Å². The van der Waals surface area contributed by atoms with Gasteiger partial charge in [0.25, 0.3) is 5.56 Å². The topological polar surface area (TPSA) is 73.3 Å². The average Bonchev–Trinajstić information content (AvgIpc) is 2.63. The lowest BCUT2D eigenvalue weighted by atomic mass is 9.94. The number of hydrazone groups is 1. The van der Waals surface area contributed by atoms with Crippen molar-refractivity contribution in [3.8, 4) is 0 Å². The summed E-state index contributed by atoms with van der Waals surface area (Å²) in [6.45, 7) is 0.784. The summed E-state index contributed by atoms with van der Waals surface area (Å²) in [4.78, 5) is 17.1. The maximum atomic E-state index is 12.4. The van der Waals surface area contributed by atoms with Gasteiger partial charge >= 0.3 is 0 Å². The van der Waals surface area contributed by atoms with E-state index in [0.717, 1.165) is 62.3 Å². The molecule has 0 saturated heterocycles. The fourth-order valence-corrected chi connectivity index (χ4v) is 3.16. The molecule has 1 aliphatic carbocycles. The molecule has 5 heteroatoms. The van der Waals surface area contributed by atoms with Gasteiger partial charge in [-0.1, -0.05) is 36.4 Å². The zero-order valence-corrected chi connectivity index (χ0v) is 13.2. The molecule has 0 atom stereocenters. The third kappa shape index (κ3) is 3.33. The number of nitrogens with two attached hydrogens (primary N) is 1. The second-order valence-corrected chi connectivity index (χ2v) is 5.85. The fourth-order valence-electron chi connectivity index (χ4n) is 3.16. The molecular weight excluding hydrogens is 288 g/mol. The molecule has 1 aromatic carbocycles. The lowest BCUT2D eigenvalue weighted by molar-refractivity contribution is 0.489. The molecule has 23 heavy (non-hydrogen) atoms. The molecule has 0 amide bonds. The Balaban J connectivity index is 0.000000220. The van der Waals surface area contributed by atoms with Gasteiger partial charge in [0.05, 0.1) is 17.0 Å². The predicted octanol–water partition coefficient (Wildman–Crippen LogP) is 2.27. The van der Waals surface area contributed by atoms with Crippen molar-refractivity contribution in [2.24, 2.45) is 10.9 Å². The van der Waals surface area contributed by atoms with Gasteiger partial charge in [0, 0.05) is 13.0 Å². The van der Waals surface area contributed by atoms with Crippen LogP contribution >= 0.6 is 0 Å². The highest BCUT2D eigenvalue weighted by atomic mass is 16.1. The molecule has 2 aliphatic rings. The van der Waals surface area contributed by atoms with Gasteiger partial charge in [0.15, 0.2) is 0 Å². The minimum Gasteiger partial charge on any atom is -0.323 e. The number of fused-ring (bicyclic) bond motifs is 2. The summed E-state index contributed by atoms with van der Waals surface area (Å²) in [6, 6.07) is 12.0. The van der Waals surface area contributed by atoms with E-state index in [9.17, 15) is 4.79 Å². The van der Waals surface area contributed by atoms with Gasteiger partial charge in [0.1, 0.15) is 5.82 Å². The Morgan fingerprint density at radius 1 is 0.957 bits per heavy atom. The van der Waals surface area contributed by atoms with Crippen LogP contribution < -0.4 is 11.4 Å². The third-order valence-electron chi connectivity index (χ3n) is 4.29. The number of aromatic nitrogens is 2. The summed E-state index contributed by atoms with van der Waals surface area (Å²) >= 11 is 0. The van der Waals surface area contributed by atoms with Crippen molar-refractivity contribution in [2.45, 2.75) is 45.1 Å². The lowest BCUT2D eigenvalue weighted by Gasteiger charge is -2.23. The Bertz CT molecular complexity index is 723. The van der Waals surface area contributed by atoms with Gasteiger partial charge in [-0.3, -0.25) is 9.36 Å². The van der Waals surface area contributed by atoms with Crippen LogP contribution in [0.5, 0.6) is 0 Å². The number of hydrogen-bond acceptors (Lipinski definition) is 4. The molecule has 1 aromatic heterocycles. The Morgan fingerprint density at radius 2 is 1.65 bits per heavy atom. The molecule has 2 N–H and O–H groups in total. The number of benzene rings is 1. The highest BCUT2D eigenvalue weighted by Crippen LogP contribution is 2.19. The van der Waals surface area contributed by atoms with Gasteiger partial charge in [-0.25, -0.2) is 4.98 Å². The van der Waals surface area contributed by atoms with Gasteiger partial charge in [0.2, 0.25) is 0 Å². The molecule has 0 radical (unpaired) electrons. The van der Waals surface area contributed by atoms with Crippen molar-refractivity contribution in [2.75, 3.05) is 0 Å². The molecule has 0 fully saturated rings. The molecule has 1 aliphatic heterocycles. The van der Waals surface area contributed by atoms with Crippen LogP contribution in [0.25, 0.3) is 0 Å². The zero-order chi connectivity index (χ0) is 16.1. The minimum absolute atomic E-state index is 0.0635. The summed E-state index contributed by atoms with van der Waals surface area (Å²) < 4.78 is 1.80. The number of hydrogen-bond donors (Lipinski definition) is 1. The number of aryl methyl sites for hydroxylation is 2. The average molecular weight is 310 g/mol. The second-order valence-electron chi connectivity index (χ2n) is 5.85. The van der Waals surface area contributed by atoms with E-state index >= 15 is 0 Å². The first-order chi connectivity index (χ1) is 11.3. The maximum absolute atomic E-state index is 12.4. The minimum atomic E-state index is 0.0635. The molecule has 5 nitrogen and oxygen atoms in total. The molecule has 0 unspecified atom stereocenters. The second kappa shape index (κ2) is 7.22. The van der Waals surface area contributed by atoms with E-state index in [2.05, 4.69) is 10.1 Å². The van der Waals surface area contributed by atoms with Crippen LogP contribution in [-0.2, 0) is 19.4 Å². The largest absolute Gasteiger partial charge is 0.323 e. The van der Waals surface area contributed by atoms with E-state index in [1.54, 1.807) is 4.57 Å². The summed E-state index contributed by atoms with van der Waals surface area (Å²) in [5, 5.41) is 3.76.